The van der Waals surface area contributed by atoms with Gasteiger partial charge in [0.1, 0.15) is 0 Å². The molecule has 6 aliphatic rings. The summed E-state index contributed by atoms with van der Waals surface area (Å²) in [4.78, 5) is 11.3. The third-order valence-corrected chi connectivity index (χ3v) is 25.7. The summed E-state index contributed by atoms with van der Waals surface area (Å²) in [5.41, 5.74) is 20.2. The molecule has 0 atom stereocenters. The molecule has 5 heterocycles. The Balaban J connectivity index is 0.0000000946. The Labute approximate surface area is 683 Å². The summed E-state index contributed by atoms with van der Waals surface area (Å²) in [7, 11) is 10.6. The van der Waals surface area contributed by atoms with Gasteiger partial charge in [-0.15, -0.1) is 0 Å². The number of hydrogen-bond acceptors (Lipinski definition) is 9. The van der Waals surface area contributed by atoms with Gasteiger partial charge >= 0.3 is 0 Å². The van der Waals surface area contributed by atoms with Crippen molar-refractivity contribution in [2.75, 3.05) is 59.7 Å². The first-order chi connectivity index (χ1) is 56.9. The predicted octanol–water partition coefficient (Wildman–Crippen LogP) is 29.6. The number of anilines is 10. The Morgan fingerprint density at radius 1 is 0.214 bits per heavy atom. The molecular formula is C108H89N5O4. The molecule has 0 bridgehead atoms. The molecule has 9 heteroatoms. The number of ether oxygens (including phenoxy) is 4. The molecular weight excluding hydrogens is 1430 g/mol. The van der Waals surface area contributed by atoms with E-state index in [0.717, 1.165) is 102 Å². The van der Waals surface area contributed by atoms with Crippen LogP contribution in [-0.2, 0) is 16.2 Å². The molecule has 1 aliphatic carbocycles. The zero-order valence-corrected chi connectivity index (χ0v) is 67.7. The van der Waals surface area contributed by atoms with E-state index in [2.05, 4.69) is 423 Å². The molecule has 24 rings (SSSR count). The number of nitrogens with zero attached hydrogens (tertiary/aromatic N) is 5. The summed E-state index contributed by atoms with van der Waals surface area (Å²) < 4.78 is 24.9. The molecule has 9 nitrogen and oxygen atoms in total. The van der Waals surface area contributed by atoms with Crippen molar-refractivity contribution in [1.29, 1.82) is 0 Å². The van der Waals surface area contributed by atoms with Gasteiger partial charge in [-0.05, 0) is 184 Å². The monoisotopic (exact) mass is 1520 g/mol. The number of para-hydroxylation sites is 3. The van der Waals surface area contributed by atoms with E-state index in [1.165, 1.54) is 109 Å². The van der Waals surface area contributed by atoms with Gasteiger partial charge in [0.25, 0.3) is 0 Å². The van der Waals surface area contributed by atoms with Crippen molar-refractivity contribution in [2.45, 2.75) is 57.8 Å². The van der Waals surface area contributed by atoms with Crippen molar-refractivity contribution in [3.63, 3.8) is 0 Å². The van der Waals surface area contributed by atoms with E-state index < -0.39 is 0 Å². The van der Waals surface area contributed by atoms with Gasteiger partial charge in [0, 0.05) is 79.0 Å². The topological polar surface area (TPSA) is 53.1 Å². The normalized spacial score (nSPS) is 14.5. The Morgan fingerprint density at radius 2 is 0.556 bits per heavy atom. The Bertz CT molecular complexity index is 6870. The van der Waals surface area contributed by atoms with Crippen LogP contribution < -0.4 is 43.4 Å². The van der Waals surface area contributed by atoms with Gasteiger partial charge in [0.15, 0.2) is 46.0 Å². The molecule has 0 saturated heterocycles. The third-order valence-electron chi connectivity index (χ3n) is 25.7. The summed E-state index contributed by atoms with van der Waals surface area (Å²) in [5.74, 6) is 7.35. The first kappa shape index (κ1) is 72.0. The first-order valence-corrected chi connectivity index (χ1v) is 40.4. The van der Waals surface area contributed by atoms with E-state index in [9.17, 15) is 0 Å². The minimum Gasteiger partial charge on any atom is -0.453 e. The summed E-state index contributed by atoms with van der Waals surface area (Å²) in [6, 6.07) is 119. The van der Waals surface area contributed by atoms with Crippen LogP contribution >= 0.6 is 0 Å². The van der Waals surface area contributed by atoms with Gasteiger partial charge in [-0.25, -0.2) is 0 Å². The minimum atomic E-state index is -0.0396. The largest absolute Gasteiger partial charge is 0.453 e. The third kappa shape index (κ3) is 11.9. The van der Waals surface area contributed by atoms with Gasteiger partial charge in [0.2, 0.25) is 0 Å². The lowest BCUT2D eigenvalue weighted by atomic mass is 9.59. The highest BCUT2D eigenvalue weighted by atomic mass is 16.5. The molecule has 117 heavy (non-hydrogen) atoms. The van der Waals surface area contributed by atoms with E-state index in [1.54, 1.807) is 0 Å². The minimum absolute atomic E-state index is 0.0140. The molecule has 18 aromatic rings. The molecule has 0 aromatic heterocycles. The second kappa shape index (κ2) is 27.9. The van der Waals surface area contributed by atoms with Crippen LogP contribution in [0.5, 0.6) is 46.0 Å². The average Bonchev–Trinajstić information content (AvgIpc) is 1.55. The lowest BCUT2D eigenvalue weighted by Gasteiger charge is -2.43. The fourth-order valence-electron chi connectivity index (χ4n) is 18.6. The molecule has 18 aromatic carbocycles. The van der Waals surface area contributed by atoms with Crippen molar-refractivity contribution in [1.82, 2.24) is 0 Å². The van der Waals surface area contributed by atoms with E-state index in [4.69, 9.17) is 18.9 Å². The highest BCUT2D eigenvalue weighted by Gasteiger charge is 2.49. The second-order valence-electron chi connectivity index (χ2n) is 33.1. The Hall–Kier alpha value is -14.0. The molecule has 0 spiro atoms. The van der Waals surface area contributed by atoms with Crippen LogP contribution in [0.25, 0.3) is 86.5 Å². The number of hydrogen-bond donors (Lipinski definition) is 0. The van der Waals surface area contributed by atoms with Crippen molar-refractivity contribution in [3.8, 4) is 57.1 Å². The van der Waals surface area contributed by atoms with Crippen LogP contribution in [0.4, 0.5) is 56.9 Å². The number of rotatable bonds is 0. The van der Waals surface area contributed by atoms with Gasteiger partial charge < -0.3 is 43.4 Å². The lowest BCUT2D eigenvalue weighted by Crippen LogP contribution is -2.40. The maximum absolute atomic E-state index is 6.43. The first-order valence-electron chi connectivity index (χ1n) is 40.4. The molecule has 0 saturated carbocycles. The van der Waals surface area contributed by atoms with Crippen LogP contribution in [0.2, 0.25) is 0 Å². The van der Waals surface area contributed by atoms with E-state index in [0.29, 0.717) is 0 Å². The van der Waals surface area contributed by atoms with E-state index >= 15 is 0 Å². The SMILES string of the molecule is CN1c2cc3ccccc3cc2Oc2cc3ccccc3cc21.CN1c2cc3ccccc3cc2Oc2ccc3ccccc3c21.CN1c2ccc3ccccc3c2Oc2c1ccc1ccccc21.CN1c2ccccc2C(C)(C)C(C)(C)c2c1ccc1c2-c2ccccc2C1(C)C.CN1c2ccccc2Oc2cc3ccccc3cc21. The number of fused-ring (bicyclic) bond motifs is 24. The fraction of sp³-hybridized carbons (Fsp3) is 0.130. The smallest absolute Gasteiger partial charge is 0.159 e. The second-order valence-corrected chi connectivity index (χ2v) is 33.1. The van der Waals surface area contributed by atoms with Crippen LogP contribution in [-0.4, -0.2) is 35.2 Å². The molecule has 0 amide bonds. The Kier molecular flexibility index (Phi) is 17.2. The van der Waals surface area contributed by atoms with Crippen LogP contribution in [0, 0.1) is 0 Å². The maximum Gasteiger partial charge on any atom is 0.159 e. The van der Waals surface area contributed by atoms with Gasteiger partial charge in [-0.2, -0.15) is 0 Å². The molecule has 570 valence electrons. The zero-order chi connectivity index (χ0) is 79.8. The standard InChI is InChI=1S/C28H31N.3C21H15NO.C17H13NO/c1-26(2)19-13-9-8-12-18(19)24-21(26)16-17-23-25(24)28(5,6)27(3,4)20-14-10-11-15-22(20)29(23)7;1-22-18-10-14-6-2-4-8-16(14)12-20(18)23-21-13-17-9-5-3-7-15(17)11-19(21)22;1-22-18-12-10-14-6-2-4-8-16(14)20(18)23-21-17-9-5-3-7-15(17)11-13-19(21)22;1-22-18-12-15-7-2-3-8-16(15)13-20(18)23-19-11-10-14-6-4-5-9-17(14)21(19)22;1-18-14-8-4-5-9-16(14)19-17-11-13-7-3-2-6-12(13)10-15(17)18/h8-17H,1-7H3;3*2-13H,1H3;2-11H,1H3. The molecule has 5 aliphatic heterocycles. The highest BCUT2D eigenvalue weighted by Crippen LogP contribution is 2.62. The summed E-state index contributed by atoms with van der Waals surface area (Å²) in [6.07, 6.45) is 0. The summed E-state index contributed by atoms with van der Waals surface area (Å²) >= 11 is 0. The van der Waals surface area contributed by atoms with Crippen LogP contribution in [0.15, 0.2) is 340 Å². The zero-order valence-electron chi connectivity index (χ0n) is 67.7. The molecule has 0 unspecified atom stereocenters. The van der Waals surface area contributed by atoms with Gasteiger partial charge in [0.05, 0.1) is 45.5 Å². The summed E-state index contributed by atoms with van der Waals surface area (Å²) in [5, 5.41) is 16.8. The average molecular weight is 1520 g/mol. The van der Waals surface area contributed by atoms with E-state index in [1.807, 2.05) is 18.2 Å². The molecule has 0 N–H and O–H groups in total. The van der Waals surface area contributed by atoms with Gasteiger partial charge in [-0.3, -0.25) is 0 Å². The quantitative estimate of drug-likeness (QED) is 0.148. The van der Waals surface area contributed by atoms with Gasteiger partial charge in [-0.1, -0.05) is 290 Å². The van der Waals surface area contributed by atoms with Crippen molar-refractivity contribution in [2.24, 2.45) is 0 Å². The van der Waals surface area contributed by atoms with Crippen molar-refractivity contribution < 1.29 is 18.9 Å². The maximum atomic E-state index is 6.43. The van der Waals surface area contributed by atoms with Crippen LogP contribution in [0.3, 0.4) is 0 Å². The number of benzene rings is 18. The molecule has 0 fully saturated rings. The lowest BCUT2D eigenvalue weighted by molar-refractivity contribution is 0.307. The predicted molar refractivity (Wildman–Crippen MR) is 491 cm³/mol. The molecule has 0 radical (unpaired) electrons. The van der Waals surface area contributed by atoms with E-state index in [-0.39, 0.29) is 16.2 Å². The van der Waals surface area contributed by atoms with Crippen molar-refractivity contribution in [3.05, 3.63) is 362 Å². The fourth-order valence-corrected chi connectivity index (χ4v) is 18.6. The summed E-state index contributed by atoms with van der Waals surface area (Å²) in [6.45, 7) is 14.5. The highest BCUT2D eigenvalue weighted by molar-refractivity contribution is 6.05. The van der Waals surface area contributed by atoms with Crippen molar-refractivity contribution >= 4 is 132 Å². The van der Waals surface area contributed by atoms with Crippen LogP contribution in [0.1, 0.15) is 63.8 Å². The Morgan fingerprint density at radius 3 is 1.06 bits per heavy atom.